The first-order valence-corrected chi connectivity index (χ1v) is 11.7. The number of para-hydroxylation sites is 2. The maximum Gasteiger partial charge on any atom is 0.255 e. The molecule has 1 atom stereocenters. The van der Waals surface area contributed by atoms with Crippen LogP contribution in [0.1, 0.15) is 28.6 Å². The zero-order valence-corrected chi connectivity index (χ0v) is 17.6. The molecule has 3 aromatic rings. The highest BCUT2D eigenvalue weighted by molar-refractivity contribution is 7.98. The molecule has 10 heteroatoms. The van der Waals surface area contributed by atoms with Crippen molar-refractivity contribution in [2.45, 2.75) is 17.4 Å². The van der Waals surface area contributed by atoms with Gasteiger partial charge in [-0.2, -0.15) is 11.8 Å². The van der Waals surface area contributed by atoms with Crippen molar-refractivity contribution in [3.63, 3.8) is 0 Å². The molecule has 1 aromatic heterocycles. The molecule has 1 amide bonds. The molecule has 8 nitrogen and oxygen atoms in total. The third kappa shape index (κ3) is 4.89. The first-order chi connectivity index (χ1) is 13.8. The van der Waals surface area contributed by atoms with Crippen molar-refractivity contribution in [2.75, 3.05) is 19.1 Å². The Morgan fingerprint density at radius 1 is 1.31 bits per heavy atom. The van der Waals surface area contributed by atoms with Gasteiger partial charge in [0.15, 0.2) is 0 Å². The fraction of sp³-hybridized carbons (Fsp3) is 0.263. The summed E-state index contributed by atoms with van der Waals surface area (Å²) in [6, 6.07) is 11.1. The van der Waals surface area contributed by atoms with Gasteiger partial charge in [0.05, 0.1) is 34.6 Å². The number of nitrogens with one attached hydrogen (secondary N) is 2. The van der Waals surface area contributed by atoms with E-state index in [0.29, 0.717) is 12.2 Å². The maximum atomic E-state index is 13.0. The first kappa shape index (κ1) is 21.2. The van der Waals surface area contributed by atoms with Crippen LogP contribution in [0.2, 0.25) is 0 Å². The van der Waals surface area contributed by atoms with Crippen LogP contribution >= 0.6 is 11.8 Å². The van der Waals surface area contributed by atoms with Crippen molar-refractivity contribution in [2.24, 2.45) is 5.14 Å². The van der Waals surface area contributed by atoms with E-state index in [0.717, 1.165) is 16.8 Å². The molecule has 4 N–H and O–H groups in total. The lowest BCUT2D eigenvalue weighted by Gasteiger charge is -2.18. The third-order valence-corrected chi connectivity index (χ3v) is 5.95. The van der Waals surface area contributed by atoms with Crippen molar-refractivity contribution < 1.29 is 17.9 Å². The Morgan fingerprint density at radius 2 is 2.07 bits per heavy atom. The van der Waals surface area contributed by atoms with E-state index < -0.39 is 15.9 Å². The zero-order chi connectivity index (χ0) is 21.0. The number of nitrogens with zero attached hydrogens (tertiary/aromatic N) is 1. The molecule has 3 rings (SSSR count). The molecule has 154 valence electrons. The van der Waals surface area contributed by atoms with E-state index >= 15 is 0 Å². The fourth-order valence-corrected chi connectivity index (χ4v) is 3.94. The van der Waals surface area contributed by atoms with Crippen molar-refractivity contribution >= 4 is 38.7 Å². The predicted octanol–water partition coefficient (Wildman–Crippen LogP) is 2.44. The summed E-state index contributed by atoms with van der Waals surface area (Å²) in [5.74, 6) is 1.22. The lowest BCUT2D eigenvalue weighted by molar-refractivity contribution is 0.0931. The molecule has 0 aliphatic rings. The average molecular weight is 435 g/mol. The smallest absolute Gasteiger partial charge is 0.255 e. The Balaban J connectivity index is 1.94. The lowest BCUT2D eigenvalue weighted by Crippen LogP contribution is -2.30. The quantitative estimate of drug-likeness (QED) is 0.500. The largest absolute Gasteiger partial charge is 0.496 e. The maximum absolute atomic E-state index is 13.0. The number of carbonyl (C=O) groups excluding carboxylic acids is 1. The topological polar surface area (TPSA) is 127 Å². The molecule has 1 heterocycles. The van der Waals surface area contributed by atoms with Gasteiger partial charge in [0.2, 0.25) is 10.0 Å². The molecular weight excluding hydrogens is 412 g/mol. The third-order valence-electron chi connectivity index (χ3n) is 4.40. The highest BCUT2D eigenvalue weighted by Crippen LogP contribution is 2.25. The molecule has 2 aromatic carbocycles. The van der Waals surface area contributed by atoms with Gasteiger partial charge in [0, 0.05) is 0 Å². The number of amides is 1. The van der Waals surface area contributed by atoms with Gasteiger partial charge in [-0.3, -0.25) is 4.79 Å². The summed E-state index contributed by atoms with van der Waals surface area (Å²) in [6.07, 6.45) is 2.63. The first-order valence-electron chi connectivity index (χ1n) is 8.78. The standard InChI is InChI=1S/C19H22N4O4S2/c1-27-17-8-7-12(29(20,25)26)11-13(17)19(24)23-16(9-10-28-2)18-21-14-5-3-4-6-15(14)22-18/h3-8,11,16H,9-10H2,1-2H3,(H,21,22)(H,23,24)(H2,20,25,26)/t16-/m0/s1. The number of benzene rings is 2. The lowest BCUT2D eigenvalue weighted by atomic mass is 10.1. The summed E-state index contributed by atoms with van der Waals surface area (Å²) < 4.78 is 28.6. The van der Waals surface area contributed by atoms with Crippen LogP contribution in [0.5, 0.6) is 5.75 Å². The highest BCUT2D eigenvalue weighted by atomic mass is 32.2. The molecule has 0 radical (unpaired) electrons. The summed E-state index contributed by atoms with van der Waals surface area (Å²) >= 11 is 1.65. The predicted molar refractivity (Wildman–Crippen MR) is 114 cm³/mol. The SMILES string of the molecule is COc1ccc(S(N)(=O)=O)cc1C(=O)N[C@@H](CCSC)c1nc2ccccc2[nH]1. The van der Waals surface area contributed by atoms with Crippen LogP contribution in [0.25, 0.3) is 11.0 Å². The number of fused-ring (bicyclic) bond motifs is 1. The van der Waals surface area contributed by atoms with Crippen molar-refractivity contribution in [1.82, 2.24) is 15.3 Å². The van der Waals surface area contributed by atoms with Crippen LogP contribution in [-0.4, -0.2) is 43.4 Å². The van der Waals surface area contributed by atoms with E-state index in [1.807, 2.05) is 30.5 Å². The van der Waals surface area contributed by atoms with Gasteiger partial charge in [-0.15, -0.1) is 0 Å². The number of primary sulfonamides is 1. The average Bonchev–Trinajstić information content (AvgIpc) is 3.13. The van der Waals surface area contributed by atoms with Gasteiger partial charge < -0.3 is 15.0 Å². The van der Waals surface area contributed by atoms with E-state index in [9.17, 15) is 13.2 Å². The van der Waals surface area contributed by atoms with Gasteiger partial charge in [0.25, 0.3) is 5.91 Å². The molecule has 0 aliphatic heterocycles. The van der Waals surface area contributed by atoms with Gasteiger partial charge in [-0.05, 0) is 48.8 Å². The number of aromatic amines is 1. The molecule has 0 saturated heterocycles. The second-order valence-electron chi connectivity index (χ2n) is 6.35. The molecular formula is C19H22N4O4S2. The number of rotatable bonds is 8. The zero-order valence-electron chi connectivity index (χ0n) is 16.0. The van der Waals surface area contributed by atoms with Gasteiger partial charge >= 0.3 is 0 Å². The number of nitrogens with two attached hydrogens (primary N) is 1. The summed E-state index contributed by atoms with van der Waals surface area (Å²) in [5, 5.41) is 8.14. The van der Waals surface area contributed by atoms with E-state index in [4.69, 9.17) is 9.88 Å². The summed E-state index contributed by atoms with van der Waals surface area (Å²) in [4.78, 5) is 20.7. The second kappa shape index (κ2) is 8.85. The minimum absolute atomic E-state index is 0.0873. The molecule has 0 saturated carbocycles. The fourth-order valence-electron chi connectivity index (χ4n) is 2.93. The minimum Gasteiger partial charge on any atom is -0.496 e. The van der Waals surface area contributed by atoms with Crippen LogP contribution in [0.15, 0.2) is 47.4 Å². The number of aromatic nitrogens is 2. The summed E-state index contributed by atoms with van der Waals surface area (Å²) in [6.45, 7) is 0. The number of carbonyl (C=O) groups is 1. The van der Waals surface area contributed by atoms with Crippen molar-refractivity contribution in [3.8, 4) is 5.75 Å². The number of thioether (sulfide) groups is 1. The van der Waals surface area contributed by atoms with Crippen molar-refractivity contribution in [1.29, 1.82) is 0 Å². The molecule has 0 aliphatic carbocycles. The summed E-state index contributed by atoms with van der Waals surface area (Å²) in [5.41, 5.74) is 1.77. The number of ether oxygens (including phenoxy) is 1. The number of hydrogen-bond acceptors (Lipinski definition) is 6. The van der Waals surface area contributed by atoms with Crippen LogP contribution in [-0.2, 0) is 10.0 Å². The van der Waals surface area contributed by atoms with E-state index in [1.54, 1.807) is 11.8 Å². The van der Waals surface area contributed by atoms with Crippen molar-refractivity contribution in [3.05, 3.63) is 53.9 Å². The Kier molecular flexibility index (Phi) is 6.46. The Hall–Kier alpha value is -2.56. The normalized spacial score (nSPS) is 12.7. The van der Waals surface area contributed by atoms with Crippen LogP contribution in [0.4, 0.5) is 0 Å². The monoisotopic (exact) mass is 434 g/mol. The number of methoxy groups -OCH3 is 1. The van der Waals surface area contributed by atoms with Crippen LogP contribution < -0.4 is 15.2 Å². The van der Waals surface area contributed by atoms with Crippen LogP contribution in [0.3, 0.4) is 0 Å². The Morgan fingerprint density at radius 3 is 2.72 bits per heavy atom. The Bertz CT molecular complexity index is 1100. The number of H-pyrrole nitrogens is 1. The number of imidazole rings is 1. The van der Waals surface area contributed by atoms with Gasteiger partial charge in [0.1, 0.15) is 11.6 Å². The molecule has 0 spiro atoms. The second-order valence-corrected chi connectivity index (χ2v) is 8.90. The van der Waals surface area contributed by atoms with Gasteiger partial charge in [-0.25, -0.2) is 18.5 Å². The number of sulfonamides is 1. The molecule has 0 unspecified atom stereocenters. The van der Waals surface area contributed by atoms with E-state index in [-0.39, 0.29) is 22.3 Å². The van der Waals surface area contributed by atoms with Gasteiger partial charge in [-0.1, -0.05) is 12.1 Å². The Labute approximate surface area is 173 Å². The van der Waals surface area contributed by atoms with Crippen LogP contribution in [0, 0.1) is 0 Å². The number of hydrogen-bond donors (Lipinski definition) is 3. The molecule has 0 bridgehead atoms. The van der Waals surface area contributed by atoms with E-state index in [1.165, 1.54) is 25.3 Å². The van der Waals surface area contributed by atoms with E-state index in [2.05, 4.69) is 15.3 Å². The highest BCUT2D eigenvalue weighted by Gasteiger charge is 2.22. The summed E-state index contributed by atoms with van der Waals surface area (Å²) in [7, 11) is -2.54. The molecule has 29 heavy (non-hydrogen) atoms. The minimum atomic E-state index is -3.95. The molecule has 0 fully saturated rings.